The van der Waals surface area contributed by atoms with E-state index in [0.29, 0.717) is 0 Å². The molecule has 3 rings (SSSR count). The van der Waals surface area contributed by atoms with Gasteiger partial charge in [0.15, 0.2) is 5.82 Å². The fourth-order valence-electron chi connectivity index (χ4n) is 4.09. The lowest BCUT2D eigenvalue weighted by atomic mass is 10.1. The molecule has 1 aliphatic heterocycles. The molecule has 2 unspecified atom stereocenters. The lowest BCUT2D eigenvalue weighted by molar-refractivity contribution is 0.0283. The SMILES string of the molecule is Cc1cc(NC(=O)c2c(F)c(N(C3CN(C(=O)OC(C)(C)C)CC3CO)[SH](=O)=O)cn2C)ccc1F. The van der Waals surface area contributed by atoms with Crippen LogP contribution in [0, 0.1) is 24.5 Å². The zero-order valence-electron chi connectivity index (χ0n) is 20.6. The summed E-state index contributed by atoms with van der Waals surface area (Å²) < 4.78 is 60.9. The number of benzene rings is 1. The molecule has 10 nitrogen and oxygen atoms in total. The second-order valence-corrected chi connectivity index (χ2v) is 10.6. The third-order valence-electron chi connectivity index (χ3n) is 5.76. The highest BCUT2D eigenvalue weighted by Gasteiger charge is 2.42. The number of aliphatic hydroxyl groups excluding tert-OH is 1. The lowest BCUT2D eigenvalue weighted by Crippen LogP contribution is -2.42. The van der Waals surface area contributed by atoms with Crippen molar-refractivity contribution in [3.05, 3.63) is 47.3 Å². The molecule has 1 aliphatic rings. The maximum atomic E-state index is 15.5. The molecular formula is C23H30F2N4O6S. The highest BCUT2D eigenvalue weighted by Crippen LogP contribution is 2.32. The second-order valence-electron chi connectivity index (χ2n) is 9.68. The van der Waals surface area contributed by atoms with E-state index in [0.717, 1.165) is 21.1 Å². The third-order valence-corrected chi connectivity index (χ3v) is 6.63. The standard InChI is InChI=1S/C23H30F2N4O6S/c1-13-8-15(6-7-16(13)24)26-21(31)20-19(25)18(10-27(20)5)29(36(33)34)17-11-28(9-14(17)12-30)22(32)35-23(2,3)4/h6-8,10,14,17,30,36H,9,11-12H2,1-5H3,(H,26,31). The first-order valence-electron chi connectivity index (χ1n) is 11.2. The van der Waals surface area contributed by atoms with Gasteiger partial charge in [0.05, 0.1) is 6.04 Å². The number of aromatic nitrogens is 1. The van der Waals surface area contributed by atoms with E-state index in [2.05, 4.69) is 5.32 Å². The number of carbonyl (C=O) groups is 2. The molecule has 1 aromatic carbocycles. The number of thiol groups is 1. The van der Waals surface area contributed by atoms with E-state index >= 15 is 4.39 Å². The summed E-state index contributed by atoms with van der Waals surface area (Å²) in [6.07, 6.45) is 0.461. The third kappa shape index (κ3) is 5.78. The van der Waals surface area contributed by atoms with Crippen molar-refractivity contribution in [2.75, 3.05) is 29.3 Å². The van der Waals surface area contributed by atoms with Gasteiger partial charge in [0, 0.05) is 44.5 Å². The Hall–Kier alpha value is -3.19. The zero-order chi connectivity index (χ0) is 26.9. The topological polar surface area (TPSA) is 121 Å². The molecule has 0 radical (unpaired) electrons. The van der Waals surface area contributed by atoms with Gasteiger partial charge in [0.25, 0.3) is 5.91 Å². The summed E-state index contributed by atoms with van der Waals surface area (Å²) in [4.78, 5) is 26.6. The van der Waals surface area contributed by atoms with Crippen LogP contribution in [0.2, 0.25) is 0 Å². The summed E-state index contributed by atoms with van der Waals surface area (Å²) in [5.41, 5.74) is -1.12. The summed E-state index contributed by atoms with van der Waals surface area (Å²) in [6, 6.07) is 2.87. The van der Waals surface area contributed by atoms with Crippen molar-refractivity contribution < 1.29 is 36.6 Å². The predicted molar refractivity (Wildman–Crippen MR) is 129 cm³/mol. The summed E-state index contributed by atoms with van der Waals surface area (Å²) in [5, 5.41) is 12.4. The first-order valence-corrected chi connectivity index (χ1v) is 12.3. The van der Waals surface area contributed by atoms with Crippen molar-refractivity contribution in [1.82, 2.24) is 9.47 Å². The molecule has 0 saturated carbocycles. The largest absolute Gasteiger partial charge is 0.444 e. The van der Waals surface area contributed by atoms with Gasteiger partial charge in [-0.05, 0) is 51.5 Å². The number of hydrogen-bond donors (Lipinski definition) is 3. The molecule has 1 fully saturated rings. The Morgan fingerprint density at radius 1 is 1.25 bits per heavy atom. The number of likely N-dealkylation sites (tertiary alicyclic amines) is 1. The minimum Gasteiger partial charge on any atom is -0.444 e. The fraction of sp³-hybridized carbons (Fsp3) is 0.478. The molecule has 36 heavy (non-hydrogen) atoms. The van der Waals surface area contributed by atoms with Crippen LogP contribution in [-0.4, -0.2) is 66.3 Å². The lowest BCUT2D eigenvalue weighted by Gasteiger charge is -2.27. The molecule has 1 aromatic heterocycles. The minimum absolute atomic E-state index is 0.00146. The Morgan fingerprint density at radius 2 is 1.92 bits per heavy atom. The number of aliphatic hydroxyl groups is 1. The Morgan fingerprint density at radius 3 is 2.47 bits per heavy atom. The summed E-state index contributed by atoms with van der Waals surface area (Å²) in [5.74, 6) is -3.15. The number of anilines is 2. The first kappa shape index (κ1) is 27.4. The number of hydrogen-bond acceptors (Lipinski definition) is 6. The molecule has 2 amide bonds. The fourth-order valence-corrected chi connectivity index (χ4v) is 4.91. The molecule has 2 N–H and O–H groups in total. The van der Waals surface area contributed by atoms with Crippen LogP contribution in [0.3, 0.4) is 0 Å². The smallest absolute Gasteiger partial charge is 0.410 e. The van der Waals surface area contributed by atoms with Crippen LogP contribution < -0.4 is 9.62 Å². The number of amides is 2. The molecule has 0 bridgehead atoms. The van der Waals surface area contributed by atoms with Crippen LogP contribution >= 0.6 is 0 Å². The van der Waals surface area contributed by atoms with E-state index in [4.69, 9.17) is 4.74 Å². The van der Waals surface area contributed by atoms with Crippen LogP contribution in [-0.2, 0) is 22.7 Å². The van der Waals surface area contributed by atoms with Gasteiger partial charge in [-0.15, -0.1) is 0 Å². The molecule has 0 aliphatic carbocycles. The van der Waals surface area contributed by atoms with Crippen LogP contribution in [0.5, 0.6) is 0 Å². The molecule has 2 aromatic rings. The Kier molecular flexibility index (Phi) is 7.94. The van der Waals surface area contributed by atoms with E-state index < -0.39 is 70.1 Å². The number of rotatable bonds is 6. The van der Waals surface area contributed by atoms with E-state index in [1.54, 1.807) is 20.8 Å². The second kappa shape index (κ2) is 10.4. The maximum Gasteiger partial charge on any atom is 0.410 e. The van der Waals surface area contributed by atoms with Crippen LogP contribution in [0.25, 0.3) is 0 Å². The van der Waals surface area contributed by atoms with Gasteiger partial charge < -0.3 is 24.6 Å². The highest BCUT2D eigenvalue weighted by molar-refractivity contribution is 7.74. The van der Waals surface area contributed by atoms with Gasteiger partial charge in [-0.2, -0.15) is 0 Å². The van der Waals surface area contributed by atoms with Gasteiger partial charge >= 0.3 is 6.09 Å². The van der Waals surface area contributed by atoms with Crippen molar-refractivity contribution in [3.8, 4) is 0 Å². The van der Waals surface area contributed by atoms with E-state index in [1.807, 2.05) is 0 Å². The van der Waals surface area contributed by atoms with E-state index in [-0.39, 0.29) is 24.3 Å². The number of nitrogens with zero attached hydrogens (tertiary/aromatic N) is 3. The summed E-state index contributed by atoms with van der Waals surface area (Å²) in [7, 11) is -2.05. The first-order chi connectivity index (χ1) is 16.7. The highest BCUT2D eigenvalue weighted by atomic mass is 32.2. The monoisotopic (exact) mass is 528 g/mol. The quantitative estimate of drug-likeness (QED) is 0.496. The molecular weight excluding hydrogens is 498 g/mol. The van der Waals surface area contributed by atoms with E-state index in [1.165, 1.54) is 31.0 Å². The number of aryl methyl sites for hydroxylation is 2. The van der Waals surface area contributed by atoms with Crippen molar-refractivity contribution in [1.29, 1.82) is 0 Å². The normalized spacial score (nSPS) is 18.0. The van der Waals surface area contributed by atoms with Crippen molar-refractivity contribution in [2.45, 2.75) is 39.3 Å². The summed E-state index contributed by atoms with van der Waals surface area (Å²) in [6.45, 7) is 5.95. The van der Waals surface area contributed by atoms with Crippen LogP contribution in [0.15, 0.2) is 24.4 Å². The average Bonchev–Trinajstić information content (AvgIpc) is 3.30. The van der Waals surface area contributed by atoms with Crippen molar-refractivity contribution in [2.24, 2.45) is 13.0 Å². The Bertz CT molecular complexity index is 1230. The number of nitrogens with one attached hydrogen (secondary N) is 1. The van der Waals surface area contributed by atoms with Crippen molar-refractivity contribution in [3.63, 3.8) is 0 Å². The molecule has 13 heteroatoms. The van der Waals surface area contributed by atoms with Gasteiger partial charge in [-0.25, -0.2) is 22.0 Å². The Labute approximate surface area is 209 Å². The van der Waals surface area contributed by atoms with Crippen LogP contribution in [0.1, 0.15) is 36.8 Å². The van der Waals surface area contributed by atoms with Gasteiger partial charge in [-0.3, -0.25) is 9.10 Å². The number of carbonyl (C=O) groups excluding carboxylic acids is 2. The maximum absolute atomic E-state index is 15.5. The van der Waals surface area contributed by atoms with E-state index in [9.17, 15) is 27.5 Å². The van der Waals surface area contributed by atoms with Gasteiger partial charge in [0.1, 0.15) is 22.8 Å². The Balaban J connectivity index is 1.91. The van der Waals surface area contributed by atoms with Gasteiger partial charge in [0.2, 0.25) is 10.9 Å². The predicted octanol–water partition coefficient (Wildman–Crippen LogP) is 2.42. The number of ether oxygens (including phenoxy) is 1. The summed E-state index contributed by atoms with van der Waals surface area (Å²) >= 11 is 0. The molecule has 198 valence electrons. The molecule has 0 spiro atoms. The van der Waals surface area contributed by atoms with Gasteiger partial charge in [-0.1, -0.05) is 0 Å². The minimum atomic E-state index is -3.42. The average molecular weight is 529 g/mol. The van der Waals surface area contributed by atoms with Crippen molar-refractivity contribution >= 4 is 34.3 Å². The van der Waals surface area contributed by atoms with Crippen LogP contribution in [0.4, 0.5) is 25.0 Å². The molecule has 2 atom stereocenters. The number of halogens is 2. The molecule has 2 heterocycles. The molecule has 1 saturated heterocycles. The zero-order valence-corrected chi connectivity index (χ0v) is 21.5.